The Balaban J connectivity index is 1.72. The molecule has 0 aliphatic heterocycles. The van der Waals surface area contributed by atoms with Crippen LogP contribution in [0.25, 0.3) is 11.3 Å². The predicted octanol–water partition coefficient (Wildman–Crippen LogP) is 4.15. The van der Waals surface area contributed by atoms with Gasteiger partial charge in [0.05, 0.1) is 23.0 Å². The summed E-state index contributed by atoms with van der Waals surface area (Å²) >= 11 is 1.67. The minimum absolute atomic E-state index is 0.0864. The summed E-state index contributed by atoms with van der Waals surface area (Å²) in [7, 11) is 4.05. The number of nitrogens with zero attached hydrogens (tertiary/aromatic N) is 2. The lowest BCUT2D eigenvalue weighted by molar-refractivity contribution is 0.0941. The number of hydrogen-bond acceptors (Lipinski definition) is 4. The highest BCUT2D eigenvalue weighted by atomic mass is 32.1. The Morgan fingerprint density at radius 1 is 1.15 bits per heavy atom. The number of rotatable bonds is 6. The largest absolute Gasteiger partial charge is 0.350 e. The van der Waals surface area contributed by atoms with E-state index in [2.05, 4.69) is 32.0 Å². The van der Waals surface area contributed by atoms with Gasteiger partial charge in [-0.25, -0.2) is 0 Å². The van der Waals surface area contributed by atoms with E-state index in [0.29, 0.717) is 12.1 Å². The molecule has 1 aromatic carbocycles. The van der Waals surface area contributed by atoms with E-state index < -0.39 is 0 Å². The first-order valence-corrected chi connectivity index (χ1v) is 9.50. The van der Waals surface area contributed by atoms with Gasteiger partial charge >= 0.3 is 0 Å². The smallest absolute Gasteiger partial charge is 0.253 e. The molecule has 1 atom stereocenters. The summed E-state index contributed by atoms with van der Waals surface area (Å²) in [4.78, 5) is 19.4. The predicted molar refractivity (Wildman–Crippen MR) is 107 cm³/mol. The van der Waals surface area contributed by atoms with Crippen LogP contribution in [-0.2, 0) is 0 Å². The number of amides is 1. The van der Waals surface area contributed by atoms with Crippen LogP contribution in [0.5, 0.6) is 0 Å². The quantitative estimate of drug-likeness (QED) is 0.714. The van der Waals surface area contributed by atoms with E-state index >= 15 is 0 Å². The number of aromatic nitrogens is 1. The fourth-order valence-electron chi connectivity index (χ4n) is 2.92. The van der Waals surface area contributed by atoms with Crippen LogP contribution in [0.3, 0.4) is 0 Å². The summed E-state index contributed by atoms with van der Waals surface area (Å²) in [5, 5.41) is 7.24. The van der Waals surface area contributed by atoms with Crippen LogP contribution in [-0.4, -0.2) is 36.4 Å². The second-order valence-corrected chi connectivity index (χ2v) is 7.22. The molecule has 134 valence electrons. The number of benzene rings is 1. The number of nitrogens with one attached hydrogen (secondary N) is 1. The molecule has 4 nitrogen and oxygen atoms in total. The van der Waals surface area contributed by atoms with Crippen LogP contribution < -0.4 is 5.32 Å². The molecule has 3 rings (SSSR count). The average Bonchev–Trinajstić information content (AvgIpc) is 3.16. The lowest BCUT2D eigenvalue weighted by Crippen LogP contribution is -2.34. The lowest BCUT2D eigenvalue weighted by atomic mass is 10.1. The fraction of sp³-hybridized carbons (Fsp3) is 0.238. The van der Waals surface area contributed by atoms with Gasteiger partial charge in [-0.1, -0.05) is 30.3 Å². The molecule has 0 spiro atoms. The van der Waals surface area contributed by atoms with Crippen LogP contribution in [0.1, 0.15) is 27.7 Å². The Morgan fingerprint density at radius 3 is 2.54 bits per heavy atom. The molecule has 2 heterocycles. The molecule has 0 aliphatic carbocycles. The zero-order valence-electron chi connectivity index (χ0n) is 15.3. The van der Waals surface area contributed by atoms with Gasteiger partial charge in [0.2, 0.25) is 0 Å². The van der Waals surface area contributed by atoms with Gasteiger partial charge in [0, 0.05) is 12.1 Å². The minimum Gasteiger partial charge on any atom is -0.350 e. The van der Waals surface area contributed by atoms with E-state index in [1.54, 1.807) is 11.3 Å². The minimum atomic E-state index is -0.0864. The molecule has 1 unspecified atom stereocenters. The number of hydrogen-bond donors (Lipinski definition) is 1. The molecular weight excluding hydrogens is 342 g/mol. The van der Waals surface area contributed by atoms with Crippen LogP contribution in [0.2, 0.25) is 0 Å². The molecule has 0 radical (unpaired) electrons. The SMILES string of the molecule is Cc1nc(-c2ccccc2)ccc1C(=O)NCC(c1ccsc1)N(C)C. The van der Waals surface area contributed by atoms with E-state index in [-0.39, 0.29) is 11.9 Å². The fourth-order valence-corrected chi connectivity index (χ4v) is 3.63. The molecule has 26 heavy (non-hydrogen) atoms. The topological polar surface area (TPSA) is 45.2 Å². The number of carbonyl (C=O) groups is 1. The standard InChI is InChI=1S/C21H23N3OS/c1-15-18(9-10-19(23-15)16-7-5-4-6-8-16)21(25)22-13-20(24(2)3)17-11-12-26-14-17/h4-12,14,20H,13H2,1-3H3,(H,22,25). The number of aryl methyl sites for hydroxylation is 1. The van der Waals surface area contributed by atoms with Gasteiger partial charge in [-0.15, -0.1) is 0 Å². The molecule has 3 aromatic rings. The first-order valence-electron chi connectivity index (χ1n) is 8.56. The summed E-state index contributed by atoms with van der Waals surface area (Å²) < 4.78 is 0. The van der Waals surface area contributed by atoms with E-state index in [4.69, 9.17) is 0 Å². The van der Waals surface area contributed by atoms with E-state index in [1.807, 2.05) is 63.5 Å². The number of thiophene rings is 1. The van der Waals surface area contributed by atoms with Crippen molar-refractivity contribution in [2.24, 2.45) is 0 Å². The van der Waals surface area contributed by atoms with Crippen LogP contribution in [0, 0.1) is 6.92 Å². The molecule has 0 saturated carbocycles. The van der Waals surface area contributed by atoms with Crippen LogP contribution in [0.4, 0.5) is 0 Å². The van der Waals surface area contributed by atoms with Crippen molar-refractivity contribution in [2.75, 3.05) is 20.6 Å². The van der Waals surface area contributed by atoms with Gasteiger partial charge in [0.15, 0.2) is 0 Å². The Hall–Kier alpha value is -2.50. The van der Waals surface area contributed by atoms with Crippen molar-refractivity contribution in [2.45, 2.75) is 13.0 Å². The molecular formula is C21H23N3OS. The Bertz CT molecular complexity index is 860. The Labute approximate surface area is 158 Å². The highest BCUT2D eigenvalue weighted by Crippen LogP contribution is 2.21. The molecule has 0 saturated heterocycles. The highest BCUT2D eigenvalue weighted by Gasteiger charge is 2.17. The summed E-state index contributed by atoms with van der Waals surface area (Å²) in [5.41, 5.74) is 4.50. The molecule has 0 bridgehead atoms. The van der Waals surface area contributed by atoms with Crippen molar-refractivity contribution >= 4 is 17.2 Å². The molecule has 0 aliphatic rings. The maximum atomic E-state index is 12.6. The van der Waals surface area contributed by atoms with Crippen molar-refractivity contribution < 1.29 is 4.79 Å². The Kier molecular flexibility index (Phi) is 5.81. The van der Waals surface area contributed by atoms with Crippen LogP contribution >= 0.6 is 11.3 Å². The van der Waals surface area contributed by atoms with Crippen LogP contribution in [0.15, 0.2) is 59.3 Å². The van der Waals surface area contributed by atoms with E-state index in [1.165, 1.54) is 5.56 Å². The monoisotopic (exact) mass is 365 g/mol. The summed E-state index contributed by atoms with van der Waals surface area (Å²) in [6.07, 6.45) is 0. The average molecular weight is 366 g/mol. The summed E-state index contributed by atoms with van der Waals surface area (Å²) in [5.74, 6) is -0.0864. The zero-order valence-corrected chi connectivity index (χ0v) is 16.1. The first-order chi connectivity index (χ1) is 12.6. The number of pyridine rings is 1. The third kappa shape index (κ3) is 4.18. The number of carbonyl (C=O) groups excluding carboxylic acids is 1. The third-order valence-electron chi connectivity index (χ3n) is 4.41. The maximum absolute atomic E-state index is 12.6. The Morgan fingerprint density at radius 2 is 1.92 bits per heavy atom. The zero-order chi connectivity index (χ0) is 18.5. The third-order valence-corrected chi connectivity index (χ3v) is 5.11. The molecule has 1 amide bonds. The molecule has 2 aromatic heterocycles. The second-order valence-electron chi connectivity index (χ2n) is 6.44. The van der Waals surface area contributed by atoms with Gasteiger partial charge in [0.1, 0.15) is 0 Å². The van der Waals surface area contributed by atoms with Gasteiger partial charge < -0.3 is 10.2 Å². The second kappa shape index (κ2) is 8.25. The van der Waals surface area contributed by atoms with Gasteiger partial charge in [-0.3, -0.25) is 9.78 Å². The van der Waals surface area contributed by atoms with Crippen molar-refractivity contribution in [1.82, 2.24) is 15.2 Å². The van der Waals surface area contributed by atoms with Crippen molar-refractivity contribution in [1.29, 1.82) is 0 Å². The van der Waals surface area contributed by atoms with Gasteiger partial charge in [-0.05, 0) is 55.5 Å². The molecule has 0 fully saturated rings. The molecule has 5 heteroatoms. The first kappa shape index (κ1) is 18.3. The lowest BCUT2D eigenvalue weighted by Gasteiger charge is -2.24. The van der Waals surface area contributed by atoms with Crippen molar-refractivity contribution in [3.8, 4) is 11.3 Å². The number of likely N-dealkylation sites (N-methyl/N-ethyl adjacent to an activating group) is 1. The summed E-state index contributed by atoms with van der Waals surface area (Å²) in [6.45, 7) is 2.44. The van der Waals surface area contributed by atoms with Crippen molar-refractivity contribution in [3.05, 3.63) is 76.1 Å². The van der Waals surface area contributed by atoms with E-state index in [0.717, 1.165) is 17.0 Å². The molecule has 1 N–H and O–H groups in total. The van der Waals surface area contributed by atoms with Crippen molar-refractivity contribution in [3.63, 3.8) is 0 Å². The summed E-state index contributed by atoms with van der Waals surface area (Å²) in [6, 6.07) is 16.0. The highest BCUT2D eigenvalue weighted by molar-refractivity contribution is 7.07. The van der Waals surface area contributed by atoms with Gasteiger partial charge in [-0.2, -0.15) is 11.3 Å². The maximum Gasteiger partial charge on any atom is 0.253 e. The van der Waals surface area contributed by atoms with E-state index in [9.17, 15) is 4.79 Å². The normalized spacial score (nSPS) is 12.2. The van der Waals surface area contributed by atoms with Gasteiger partial charge in [0.25, 0.3) is 5.91 Å².